The molecule has 0 saturated carbocycles. The van der Waals surface area contributed by atoms with Crippen LogP contribution in [0.15, 0.2) is 0 Å². The zero-order chi connectivity index (χ0) is 9.84. The predicted molar refractivity (Wildman–Crippen MR) is 55.6 cm³/mol. The Morgan fingerprint density at radius 2 is 2.00 bits per heavy atom. The summed E-state index contributed by atoms with van der Waals surface area (Å²) in [4.78, 5) is 0. The summed E-state index contributed by atoms with van der Waals surface area (Å²) >= 11 is 0. The molecule has 0 spiro atoms. The Balaban J connectivity index is 2.76. The summed E-state index contributed by atoms with van der Waals surface area (Å²) in [7, 11) is 2.14. The molecular formula is C9H17BN3. The number of nitrogens with one attached hydrogen (secondary N) is 1. The average Bonchev–Trinajstić information content (AvgIpc) is 2.50. The van der Waals surface area contributed by atoms with Gasteiger partial charge in [-0.3, -0.25) is 0 Å². The van der Waals surface area contributed by atoms with Crippen molar-refractivity contribution in [3.63, 3.8) is 0 Å². The third kappa shape index (κ3) is 2.57. The van der Waals surface area contributed by atoms with Crippen LogP contribution >= 0.6 is 0 Å². The smallest absolute Gasteiger partial charge is 0.185 e. The van der Waals surface area contributed by atoms with Crippen LogP contribution in [0.3, 0.4) is 0 Å². The number of aromatic amines is 1. The third-order valence-corrected chi connectivity index (χ3v) is 2.17. The number of nitrogens with zero attached hydrogens (tertiary/aromatic N) is 2. The molecule has 3 nitrogen and oxygen atoms in total. The Morgan fingerprint density at radius 1 is 1.31 bits per heavy atom. The third-order valence-electron chi connectivity index (χ3n) is 2.17. The maximum atomic E-state index is 4.17. The van der Waals surface area contributed by atoms with Crippen LogP contribution in [0.5, 0.6) is 0 Å². The fourth-order valence-corrected chi connectivity index (χ4v) is 1.24. The van der Waals surface area contributed by atoms with Crippen molar-refractivity contribution in [1.29, 1.82) is 0 Å². The van der Waals surface area contributed by atoms with Crippen molar-refractivity contribution in [2.24, 2.45) is 0 Å². The summed E-state index contributed by atoms with van der Waals surface area (Å²) in [5.41, 5.74) is 2.11. The number of rotatable bonds is 4. The standard InChI is InChI=1S/C9H17BN3/c1-5-7(4)8-9(10-6(2)3)12-13-11-8/h6-7H,5H2,1-4H3,(H,11,12,13). The SMILES string of the molecule is CCC(C)c1n[nH]nc1[B]C(C)C. The van der Waals surface area contributed by atoms with Gasteiger partial charge in [-0.15, -0.1) is 0 Å². The van der Waals surface area contributed by atoms with E-state index in [-0.39, 0.29) is 0 Å². The van der Waals surface area contributed by atoms with E-state index >= 15 is 0 Å². The summed E-state index contributed by atoms with van der Waals surface area (Å²) in [6, 6.07) is 0. The van der Waals surface area contributed by atoms with Crippen molar-refractivity contribution in [2.75, 3.05) is 0 Å². The van der Waals surface area contributed by atoms with E-state index in [1.54, 1.807) is 0 Å². The lowest BCUT2D eigenvalue weighted by atomic mass is 9.62. The molecule has 1 aromatic rings. The average molecular weight is 178 g/mol. The molecule has 0 saturated heterocycles. The van der Waals surface area contributed by atoms with E-state index in [1.165, 1.54) is 0 Å². The molecule has 0 bridgehead atoms. The predicted octanol–water partition coefficient (Wildman–Crippen LogP) is 1.48. The van der Waals surface area contributed by atoms with Crippen molar-refractivity contribution in [1.82, 2.24) is 15.4 Å². The molecule has 1 aromatic heterocycles. The van der Waals surface area contributed by atoms with Crippen LogP contribution in [0, 0.1) is 0 Å². The Labute approximate surface area is 80.6 Å². The monoisotopic (exact) mass is 178 g/mol. The molecule has 0 aliphatic rings. The van der Waals surface area contributed by atoms with Crippen molar-refractivity contribution >= 4 is 12.9 Å². The lowest BCUT2D eigenvalue weighted by molar-refractivity contribution is 0.705. The van der Waals surface area contributed by atoms with Crippen molar-refractivity contribution < 1.29 is 0 Å². The van der Waals surface area contributed by atoms with Crippen molar-refractivity contribution in [3.05, 3.63) is 5.69 Å². The summed E-state index contributed by atoms with van der Waals surface area (Å²) in [5.74, 6) is 1.01. The quantitative estimate of drug-likeness (QED) is 0.709. The number of hydrogen-bond donors (Lipinski definition) is 1. The summed E-state index contributed by atoms with van der Waals surface area (Å²) < 4.78 is 0. The Hall–Kier alpha value is -0.795. The van der Waals surface area contributed by atoms with Gasteiger partial charge in [0.25, 0.3) is 0 Å². The zero-order valence-electron chi connectivity index (χ0n) is 8.83. The van der Waals surface area contributed by atoms with Crippen LogP contribution in [0.25, 0.3) is 0 Å². The van der Waals surface area contributed by atoms with Gasteiger partial charge < -0.3 is 0 Å². The molecule has 1 unspecified atom stereocenters. The molecule has 1 atom stereocenters. The largest absolute Gasteiger partial charge is 0.198 e. The highest BCUT2D eigenvalue weighted by Gasteiger charge is 2.15. The minimum atomic E-state index is 0.490. The summed E-state index contributed by atoms with van der Waals surface area (Å²) in [6.07, 6.45) is 1.10. The van der Waals surface area contributed by atoms with Gasteiger partial charge in [0, 0.05) is 11.5 Å². The topological polar surface area (TPSA) is 41.6 Å². The van der Waals surface area contributed by atoms with Crippen LogP contribution in [0.4, 0.5) is 0 Å². The molecule has 0 aliphatic carbocycles. The first-order valence-corrected chi connectivity index (χ1v) is 4.90. The fraction of sp³-hybridized carbons (Fsp3) is 0.778. The number of H-pyrrole nitrogens is 1. The van der Waals surface area contributed by atoms with Gasteiger partial charge in [0.1, 0.15) is 0 Å². The first kappa shape index (κ1) is 10.3. The summed E-state index contributed by atoms with van der Waals surface area (Å²) in [5, 5.41) is 11.0. The van der Waals surface area contributed by atoms with Gasteiger partial charge in [-0.1, -0.05) is 33.5 Å². The molecule has 0 fully saturated rings. The second-order valence-corrected chi connectivity index (χ2v) is 3.81. The zero-order valence-corrected chi connectivity index (χ0v) is 8.83. The van der Waals surface area contributed by atoms with Crippen LogP contribution in [-0.4, -0.2) is 22.7 Å². The van der Waals surface area contributed by atoms with Gasteiger partial charge in [0.05, 0.1) is 5.69 Å². The molecule has 13 heavy (non-hydrogen) atoms. The first-order valence-electron chi connectivity index (χ1n) is 4.90. The van der Waals surface area contributed by atoms with Crippen molar-refractivity contribution in [2.45, 2.75) is 45.9 Å². The minimum absolute atomic E-state index is 0.490. The van der Waals surface area contributed by atoms with Gasteiger partial charge in [-0.05, 0) is 6.42 Å². The van der Waals surface area contributed by atoms with Gasteiger partial charge in [0.2, 0.25) is 0 Å². The van der Waals surface area contributed by atoms with E-state index in [2.05, 4.69) is 50.4 Å². The molecule has 1 radical (unpaired) electrons. The molecule has 1 N–H and O–H groups in total. The molecule has 1 heterocycles. The van der Waals surface area contributed by atoms with E-state index in [1.807, 2.05) is 0 Å². The van der Waals surface area contributed by atoms with E-state index in [4.69, 9.17) is 0 Å². The van der Waals surface area contributed by atoms with E-state index in [0.717, 1.165) is 17.7 Å². The maximum Gasteiger partial charge on any atom is 0.185 e. The second kappa shape index (κ2) is 4.44. The number of hydrogen-bond acceptors (Lipinski definition) is 2. The van der Waals surface area contributed by atoms with Gasteiger partial charge >= 0.3 is 0 Å². The van der Waals surface area contributed by atoms with Crippen molar-refractivity contribution in [3.8, 4) is 0 Å². The summed E-state index contributed by atoms with van der Waals surface area (Å²) in [6.45, 7) is 8.64. The molecule has 71 valence electrons. The fourth-order valence-electron chi connectivity index (χ4n) is 1.24. The van der Waals surface area contributed by atoms with E-state index in [0.29, 0.717) is 11.7 Å². The van der Waals surface area contributed by atoms with Crippen LogP contribution < -0.4 is 5.59 Å². The Kier molecular flexibility index (Phi) is 3.52. The Morgan fingerprint density at radius 3 is 2.54 bits per heavy atom. The molecule has 0 aliphatic heterocycles. The Bertz CT molecular complexity index is 257. The van der Waals surface area contributed by atoms with Crippen LogP contribution in [-0.2, 0) is 0 Å². The van der Waals surface area contributed by atoms with Crippen LogP contribution in [0.2, 0.25) is 5.82 Å². The first-order chi connectivity index (χ1) is 6.15. The highest BCUT2D eigenvalue weighted by atomic mass is 15.3. The van der Waals surface area contributed by atoms with Gasteiger partial charge in [-0.2, -0.15) is 15.4 Å². The molecule has 0 aromatic carbocycles. The van der Waals surface area contributed by atoms with Crippen LogP contribution in [0.1, 0.15) is 45.7 Å². The highest BCUT2D eigenvalue weighted by Crippen LogP contribution is 2.13. The lowest BCUT2D eigenvalue weighted by Gasteiger charge is -2.07. The van der Waals surface area contributed by atoms with E-state index in [9.17, 15) is 0 Å². The minimum Gasteiger partial charge on any atom is -0.198 e. The highest BCUT2D eigenvalue weighted by molar-refractivity contribution is 6.54. The molecule has 1 rings (SSSR count). The van der Waals surface area contributed by atoms with Gasteiger partial charge in [0.15, 0.2) is 7.28 Å². The maximum absolute atomic E-state index is 4.17. The molecule has 4 heteroatoms. The second-order valence-electron chi connectivity index (χ2n) is 3.81. The molecule has 0 amide bonds. The normalized spacial score (nSPS) is 13.3. The molecular weight excluding hydrogens is 161 g/mol. The number of aromatic nitrogens is 3. The lowest BCUT2D eigenvalue weighted by Crippen LogP contribution is -2.23. The van der Waals surface area contributed by atoms with E-state index < -0.39 is 0 Å². The van der Waals surface area contributed by atoms with Gasteiger partial charge in [-0.25, -0.2) is 0 Å².